The van der Waals surface area contributed by atoms with Crippen LogP contribution in [0.4, 0.5) is 8.78 Å². The van der Waals surface area contributed by atoms with Crippen LogP contribution >= 0.6 is 12.4 Å². The highest BCUT2D eigenvalue weighted by atomic mass is 35.5. The fourth-order valence-electron chi connectivity index (χ4n) is 1.16. The van der Waals surface area contributed by atoms with Gasteiger partial charge in [0.25, 0.3) is 5.92 Å². The second-order valence-corrected chi connectivity index (χ2v) is 2.77. The first kappa shape index (κ1) is 8.17. The molecule has 2 nitrogen and oxygen atoms in total. The van der Waals surface area contributed by atoms with E-state index in [-0.39, 0.29) is 25.4 Å². The Labute approximate surface area is 63.3 Å². The Morgan fingerprint density at radius 3 is 2.20 bits per heavy atom. The summed E-state index contributed by atoms with van der Waals surface area (Å²) in [6.45, 7) is 0.472. The normalized spacial score (nSPS) is 41.4. The third kappa shape index (κ3) is 0.828. The zero-order valence-corrected chi connectivity index (χ0v) is 6.01. The Bertz CT molecular complexity index is 141. The van der Waals surface area contributed by atoms with Crippen LogP contribution in [-0.2, 0) is 4.84 Å². The highest BCUT2D eigenvalue weighted by molar-refractivity contribution is 5.85. The van der Waals surface area contributed by atoms with Crippen LogP contribution in [0.15, 0.2) is 0 Å². The van der Waals surface area contributed by atoms with Crippen molar-refractivity contribution in [2.75, 3.05) is 13.2 Å². The number of halogens is 3. The van der Waals surface area contributed by atoms with Gasteiger partial charge in [-0.1, -0.05) is 0 Å². The molecule has 1 N–H and O–H groups in total. The van der Waals surface area contributed by atoms with Gasteiger partial charge in [-0.05, 0) is 0 Å². The molecule has 5 heteroatoms. The van der Waals surface area contributed by atoms with Crippen LogP contribution in [-0.4, -0.2) is 19.1 Å². The van der Waals surface area contributed by atoms with Crippen molar-refractivity contribution in [3.8, 4) is 0 Å². The molecule has 0 aromatic carbocycles. The molecule has 1 unspecified atom stereocenters. The van der Waals surface area contributed by atoms with Gasteiger partial charge in [-0.2, -0.15) is 0 Å². The van der Waals surface area contributed by atoms with E-state index in [1.807, 2.05) is 0 Å². The molecule has 1 heterocycles. The molecule has 2 aliphatic rings. The Balaban J connectivity index is 0.000000500. The predicted molar refractivity (Wildman–Crippen MR) is 33.2 cm³/mol. The summed E-state index contributed by atoms with van der Waals surface area (Å²) in [6, 6.07) is 0. The molecular formula is C5H8ClF2NO. The summed E-state index contributed by atoms with van der Waals surface area (Å²) in [5, 5.41) is 0. The lowest BCUT2D eigenvalue weighted by molar-refractivity contribution is 0.0490. The lowest BCUT2D eigenvalue weighted by atomic mass is 10.1. The maximum atomic E-state index is 12.4. The number of hydrogen-bond acceptors (Lipinski definition) is 2. The second kappa shape index (κ2) is 2.03. The second-order valence-electron chi connectivity index (χ2n) is 2.77. The molecule has 1 saturated carbocycles. The van der Waals surface area contributed by atoms with Gasteiger partial charge in [-0.25, -0.2) is 14.3 Å². The van der Waals surface area contributed by atoms with Crippen LogP contribution in [0.5, 0.6) is 0 Å². The van der Waals surface area contributed by atoms with E-state index in [9.17, 15) is 8.78 Å². The van der Waals surface area contributed by atoms with Crippen molar-refractivity contribution in [1.29, 1.82) is 0 Å². The molecule has 0 aromatic heterocycles. The molecule has 1 spiro atoms. The fourth-order valence-corrected chi connectivity index (χ4v) is 1.16. The molecule has 2 rings (SSSR count). The average Bonchev–Trinajstić information content (AvgIpc) is 2.27. The quantitative estimate of drug-likeness (QED) is 0.587. The van der Waals surface area contributed by atoms with Gasteiger partial charge in [0.2, 0.25) is 0 Å². The first-order valence-corrected chi connectivity index (χ1v) is 2.89. The number of nitrogens with one attached hydrogen (secondary N) is 1. The molecule has 1 saturated heterocycles. The van der Waals surface area contributed by atoms with Gasteiger partial charge in [0.05, 0.1) is 12.0 Å². The fraction of sp³-hybridized carbons (Fsp3) is 1.00. The third-order valence-corrected chi connectivity index (χ3v) is 2.07. The molecule has 1 aliphatic heterocycles. The number of rotatable bonds is 0. The molecule has 0 radical (unpaired) electrons. The van der Waals surface area contributed by atoms with Gasteiger partial charge in [0, 0.05) is 13.0 Å². The highest BCUT2D eigenvalue weighted by Crippen LogP contribution is 2.61. The van der Waals surface area contributed by atoms with Gasteiger partial charge in [0.1, 0.15) is 0 Å². The number of hydroxylamine groups is 1. The number of hydrogen-bond donors (Lipinski definition) is 1. The maximum Gasteiger partial charge on any atom is 0.258 e. The van der Waals surface area contributed by atoms with Gasteiger partial charge in [0.15, 0.2) is 0 Å². The summed E-state index contributed by atoms with van der Waals surface area (Å²) in [6.07, 6.45) is -0.00694. The summed E-state index contributed by atoms with van der Waals surface area (Å²) >= 11 is 0. The first-order valence-electron chi connectivity index (χ1n) is 2.89. The molecular weight excluding hydrogens is 164 g/mol. The zero-order chi connectivity index (χ0) is 6.54. The Kier molecular flexibility index (Phi) is 1.66. The molecule has 2 fully saturated rings. The van der Waals surface area contributed by atoms with E-state index in [0.29, 0.717) is 6.54 Å². The van der Waals surface area contributed by atoms with Crippen LogP contribution in [0, 0.1) is 5.41 Å². The first-order chi connectivity index (χ1) is 4.16. The number of alkyl halides is 2. The monoisotopic (exact) mass is 171 g/mol. The Hall–Kier alpha value is 0.0700. The van der Waals surface area contributed by atoms with Crippen molar-refractivity contribution < 1.29 is 13.6 Å². The predicted octanol–water partition coefficient (Wildman–Crippen LogP) is 0.968. The van der Waals surface area contributed by atoms with E-state index in [2.05, 4.69) is 10.3 Å². The van der Waals surface area contributed by atoms with Crippen molar-refractivity contribution in [3.05, 3.63) is 0 Å². The van der Waals surface area contributed by atoms with Crippen molar-refractivity contribution in [2.45, 2.75) is 12.3 Å². The van der Waals surface area contributed by atoms with Crippen molar-refractivity contribution >= 4 is 12.4 Å². The molecule has 1 atom stereocenters. The van der Waals surface area contributed by atoms with Crippen molar-refractivity contribution in [2.24, 2.45) is 5.41 Å². The smallest absolute Gasteiger partial charge is 0.258 e. The summed E-state index contributed by atoms with van der Waals surface area (Å²) in [5.41, 5.74) is 1.62. The SMILES string of the molecule is Cl.FC1(F)CC12CNOC2. The Morgan fingerprint density at radius 2 is 2.00 bits per heavy atom. The van der Waals surface area contributed by atoms with Crippen LogP contribution in [0.1, 0.15) is 6.42 Å². The largest absolute Gasteiger partial charge is 0.301 e. The Morgan fingerprint density at radius 1 is 1.40 bits per heavy atom. The van der Waals surface area contributed by atoms with E-state index in [1.165, 1.54) is 0 Å². The van der Waals surface area contributed by atoms with Gasteiger partial charge >= 0.3 is 0 Å². The summed E-state index contributed by atoms with van der Waals surface area (Å²) < 4.78 is 24.7. The zero-order valence-electron chi connectivity index (χ0n) is 5.19. The molecule has 60 valence electrons. The topological polar surface area (TPSA) is 21.3 Å². The summed E-state index contributed by atoms with van der Waals surface area (Å²) in [4.78, 5) is 4.63. The molecule has 0 aromatic rings. The van der Waals surface area contributed by atoms with E-state index >= 15 is 0 Å². The minimum absolute atomic E-state index is 0. The van der Waals surface area contributed by atoms with Crippen molar-refractivity contribution in [3.63, 3.8) is 0 Å². The van der Waals surface area contributed by atoms with Gasteiger partial charge in [-0.15, -0.1) is 12.4 Å². The molecule has 10 heavy (non-hydrogen) atoms. The van der Waals surface area contributed by atoms with Crippen LogP contribution in [0.2, 0.25) is 0 Å². The standard InChI is InChI=1S/C5H7F2NO.ClH/c6-5(7)1-4(5)2-8-9-3-4;/h8H,1-3H2;1H. The van der Waals surface area contributed by atoms with Crippen LogP contribution < -0.4 is 5.48 Å². The van der Waals surface area contributed by atoms with E-state index in [1.54, 1.807) is 0 Å². The van der Waals surface area contributed by atoms with Crippen LogP contribution in [0.25, 0.3) is 0 Å². The lowest BCUT2D eigenvalue weighted by Crippen LogP contribution is -2.16. The van der Waals surface area contributed by atoms with E-state index in [0.717, 1.165) is 0 Å². The van der Waals surface area contributed by atoms with Gasteiger partial charge in [-0.3, -0.25) is 0 Å². The molecule has 0 bridgehead atoms. The van der Waals surface area contributed by atoms with E-state index in [4.69, 9.17) is 0 Å². The maximum absolute atomic E-state index is 12.4. The summed E-state index contributed by atoms with van der Waals surface area (Å²) in [5.74, 6) is -2.46. The third-order valence-electron chi connectivity index (χ3n) is 2.07. The highest BCUT2D eigenvalue weighted by Gasteiger charge is 2.72. The average molecular weight is 172 g/mol. The van der Waals surface area contributed by atoms with Crippen molar-refractivity contribution in [1.82, 2.24) is 5.48 Å². The van der Waals surface area contributed by atoms with Crippen LogP contribution in [0.3, 0.4) is 0 Å². The lowest BCUT2D eigenvalue weighted by Gasteiger charge is -2.00. The summed E-state index contributed by atoms with van der Waals surface area (Å²) in [7, 11) is 0. The molecule has 1 aliphatic carbocycles. The minimum atomic E-state index is -2.46. The minimum Gasteiger partial charge on any atom is -0.301 e. The molecule has 0 amide bonds. The van der Waals surface area contributed by atoms with Gasteiger partial charge < -0.3 is 4.84 Å². The van der Waals surface area contributed by atoms with E-state index < -0.39 is 11.3 Å².